The van der Waals surface area contributed by atoms with E-state index in [1.165, 1.54) is 26.4 Å². The van der Waals surface area contributed by atoms with Crippen LogP contribution in [-0.4, -0.2) is 20.2 Å². The Hall–Kier alpha value is -0.970. The first-order chi connectivity index (χ1) is 7.51. The Balaban J connectivity index is 3.25. The van der Waals surface area contributed by atoms with Crippen LogP contribution in [-0.2, 0) is 9.53 Å². The summed E-state index contributed by atoms with van der Waals surface area (Å²) < 4.78 is 9.61. The third-order valence-electron chi connectivity index (χ3n) is 2.03. The van der Waals surface area contributed by atoms with E-state index in [9.17, 15) is 4.79 Å². The quantitative estimate of drug-likeness (QED) is 0.850. The molecule has 0 fully saturated rings. The highest BCUT2D eigenvalue weighted by atomic mass is 35.5. The highest BCUT2D eigenvalue weighted by molar-refractivity contribution is 6.35. The molecule has 6 heteroatoms. The van der Waals surface area contributed by atoms with Crippen molar-refractivity contribution in [2.24, 2.45) is 5.73 Å². The molecule has 0 aliphatic rings. The molecular weight excluding hydrogens is 253 g/mol. The van der Waals surface area contributed by atoms with Crippen LogP contribution in [0.1, 0.15) is 11.6 Å². The highest BCUT2D eigenvalue weighted by Crippen LogP contribution is 2.35. The van der Waals surface area contributed by atoms with Gasteiger partial charge in [0.2, 0.25) is 0 Å². The smallest absolute Gasteiger partial charge is 0.327 e. The van der Waals surface area contributed by atoms with E-state index in [0.717, 1.165) is 0 Å². The van der Waals surface area contributed by atoms with Gasteiger partial charge in [-0.25, -0.2) is 0 Å². The Morgan fingerprint density at radius 2 is 2.00 bits per heavy atom. The first kappa shape index (κ1) is 13.1. The molecule has 4 nitrogen and oxygen atoms in total. The molecule has 0 spiro atoms. The van der Waals surface area contributed by atoms with Gasteiger partial charge in [0.15, 0.2) is 0 Å². The van der Waals surface area contributed by atoms with Gasteiger partial charge in [-0.3, -0.25) is 4.79 Å². The molecule has 0 bridgehead atoms. The summed E-state index contributed by atoms with van der Waals surface area (Å²) in [5.74, 6) is -0.263. The summed E-state index contributed by atoms with van der Waals surface area (Å²) in [7, 11) is 2.68. The SMILES string of the molecule is COC(=O)C(N)c1cc(Cl)cc(Cl)c1OC. The van der Waals surface area contributed by atoms with Crippen molar-refractivity contribution in [3.8, 4) is 5.75 Å². The van der Waals surface area contributed by atoms with E-state index < -0.39 is 12.0 Å². The molecule has 0 aliphatic carbocycles. The van der Waals surface area contributed by atoms with Crippen molar-refractivity contribution in [2.45, 2.75) is 6.04 Å². The second-order valence-corrected chi connectivity index (χ2v) is 3.85. The number of hydrogen-bond acceptors (Lipinski definition) is 4. The van der Waals surface area contributed by atoms with Crippen molar-refractivity contribution in [1.82, 2.24) is 0 Å². The average Bonchev–Trinajstić information content (AvgIpc) is 2.26. The van der Waals surface area contributed by atoms with Crippen LogP contribution in [0.5, 0.6) is 5.75 Å². The first-order valence-electron chi connectivity index (χ1n) is 4.37. The maximum atomic E-state index is 11.3. The molecular formula is C10H11Cl2NO3. The Morgan fingerprint density at radius 3 is 2.50 bits per heavy atom. The van der Waals surface area contributed by atoms with E-state index in [0.29, 0.717) is 21.4 Å². The molecule has 0 aromatic heterocycles. The Bertz CT molecular complexity index is 409. The number of nitrogens with two attached hydrogens (primary N) is 1. The number of methoxy groups -OCH3 is 2. The topological polar surface area (TPSA) is 61.5 Å². The first-order valence-corrected chi connectivity index (χ1v) is 5.13. The second kappa shape index (κ2) is 5.39. The van der Waals surface area contributed by atoms with E-state index in [2.05, 4.69) is 4.74 Å². The molecule has 2 N–H and O–H groups in total. The number of rotatable bonds is 3. The molecule has 0 saturated heterocycles. The summed E-state index contributed by atoms with van der Waals surface area (Å²) in [6.07, 6.45) is 0. The molecule has 1 aromatic rings. The van der Waals surface area contributed by atoms with Gasteiger partial charge in [0.25, 0.3) is 0 Å². The summed E-state index contributed by atoms with van der Waals surface area (Å²) in [4.78, 5) is 11.3. The summed E-state index contributed by atoms with van der Waals surface area (Å²) in [5.41, 5.74) is 6.09. The van der Waals surface area contributed by atoms with Crippen LogP contribution in [0.15, 0.2) is 12.1 Å². The van der Waals surface area contributed by atoms with Crippen molar-refractivity contribution < 1.29 is 14.3 Å². The molecule has 1 atom stereocenters. The molecule has 0 aliphatic heterocycles. The largest absolute Gasteiger partial charge is 0.495 e. The number of hydrogen-bond donors (Lipinski definition) is 1. The zero-order chi connectivity index (χ0) is 12.3. The summed E-state index contributed by atoms with van der Waals surface area (Å²) in [6, 6.07) is 2.06. The molecule has 16 heavy (non-hydrogen) atoms. The molecule has 0 radical (unpaired) electrons. The minimum Gasteiger partial charge on any atom is -0.495 e. The van der Waals surface area contributed by atoms with Gasteiger partial charge in [-0.05, 0) is 12.1 Å². The van der Waals surface area contributed by atoms with Crippen LogP contribution in [0.2, 0.25) is 10.0 Å². The summed E-state index contributed by atoms with van der Waals surface area (Å²) in [5, 5.41) is 0.671. The fourth-order valence-corrected chi connectivity index (χ4v) is 1.87. The van der Waals surface area contributed by atoms with Crippen molar-refractivity contribution in [1.29, 1.82) is 0 Å². The van der Waals surface area contributed by atoms with Crippen LogP contribution in [0.25, 0.3) is 0 Å². The molecule has 1 rings (SSSR count). The predicted molar refractivity (Wildman–Crippen MR) is 62.0 cm³/mol. The molecule has 88 valence electrons. The number of ether oxygens (including phenoxy) is 2. The zero-order valence-electron chi connectivity index (χ0n) is 8.79. The molecule has 1 unspecified atom stereocenters. The average molecular weight is 264 g/mol. The van der Waals surface area contributed by atoms with Gasteiger partial charge in [-0.2, -0.15) is 0 Å². The standard InChI is InChI=1S/C10H11Cl2NO3/c1-15-9-6(8(13)10(14)16-2)3-5(11)4-7(9)12/h3-4,8H,13H2,1-2H3. The fourth-order valence-electron chi connectivity index (χ4n) is 1.28. The van der Waals surface area contributed by atoms with Gasteiger partial charge in [-0.15, -0.1) is 0 Å². The molecule has 0 amide bonds. The minimum atomic E-state index is -0.976. The number of esters is 1. The Morgan fingerprint density at radius 1 is 1.38 bits per heavy atom. The maximum absolute atomic E-state index is 11.3. The lowest BCUT2D eigenvalue weighted by molar-refractivity contribution is -0.142. The summed E-state index contributed by atoms with van der Waals surface area (Å²) >= 11 is 11.7. The monoisotopic (exact) mass is 263 g/mol. The Kier molecular flexibility index (Phi) is 4.41. The number of carbonyl (C=O) groups excluding carboxylic acids is 1. The van der Waals surface area contributed by atoms with Crippen LogP contribution >= 0.6 is 23.2 Å². The minimum absolute atomic E-state index is 0.296. The Labute approximate surface area is 103 Å². The van der Waals surface area contributed by atoms with E-state index >= 15 is 0 Å². The lowest BCUT2D eigenvalue weighted by atomic mass is 10.1. The molecule has 1 aromatic carbocycles. The van der Waals surface area contributed by atoms with Crippen LogP contribution in [0.4, 0.5) is 0 Å². The van der Waals surface area contributed by atoms with Gasteiger partial charge >= 0.3 is 5.97 Å². The predicted octanol–water partition coefficient (Wildman–Crippen LogP) is 2.17. The normalized spacial score (nSPS) is 12.1. The van der Waals surface area contributed by atoms with Crippen LogP contribution < -0.4 is 10.5 Å². The van der Waals surface area contributed by atoms with Gasteiger partial charge in [0.1, 0.15) is 11.8 Å². The lowest BCUT2D eigenvalue weighted by Gasteiger charge is -2.15. The van der Waals surface area contributed by atoms with E-state index in [1.807, 2.05) is 0 Å². The van der Waals surface area contributed by atoms with Crippen LogP contribution in [0.3, 0.4) is 0 Å². The van der Waals surface area contributed by atoms with Gasteiger partial charge in [-0.1, -0.05) is 23.2 Å². The van der Waals surface area contributed by atoms with Gasteiger partial charge < -0.3 is 15.2 Å². The zero-order valence-corrected chi connectivity index (χ0v) is 10.3. The van der Waals surface area contributed by atoms with Gasteiger partial charge in [0.05, 0.1) is 19.2 Å². The third kappa shape index (κ3) is 2.58. The van der Waals surface area contributed by atoms with Crippen molar-refractivity contribution >= 4 is 29.2 Å². The third-order valence-corrected chi connectivity index (χ3v) is 2.53. The molecule has 0 heterocycles. The molecule has 0 saturated carbocycles. The fraction of sp³-hybridized carbons (Fsp3) is 0.300. The highest BCUT2D eigenvalue weighted by Gasteiger charge is 2.22. The summed E-state index contributed by atoms with van der Waals surface area (Å²) in [6.45, 7) is 0. The maximum Gasteiger partial charge on any atom is 0.327 e. The number of carbonyl (C=O) groups is 1. The van der Waals surface area contributed by atoms with E-state index in [4.69, 9.17) is 33.7 Å². The van der Waals surface area contributed by atoms with Crippen molar-refractivity contribution in [3.63, 3.8) is 0 Å². The van der Waals surface area contributed by atoms with E-state index in [-0.39, 0.29) is 0 Å². The van der Waals surface area contributed by atoms with E-state index in [1.54, 1.807) is 0 Å². The van der Waals surface area contributed by atoms with Gasteiger partial charge in [0, 0.05) is 10.6 Å². The lowest BCUT2D eigenvalue weighted by Crippen LogP contribution is -2.23. The number of benzene rings is 1. The van der Waals surface area contributed by atoms with Crippen LogP contribution in [0, 0.1) is 0 Å². The number of halogens is 2. The van der Waals surface area contributed by atoms with Crippen molar-refractivity contribution in [3.05, 3.63) is 27.7 Å². The van der Waals surface area contributed by atoms with Crippen molar-refractivity contribution in [2.75, 3.05) is 14.2 Å². The second-order valence-electron chi connectivity index (χ2n) is 3.01.